The van der Waals surface area contributed by atoms with Gasteiger partial charge in [-0.3, -0.25) is 14.9 Å². The first-order chi connectivity index (χ1) is 13.8. The zero-order valence-corrected chi connectivity index (χ0v) is 14.4. The predicted octanol–water partition coefficient (Wildman–Crippen LogP) is 3.52. The number of hydrogen-bond donors (Lipinski definition) is 1. The molecular weight excluding hydrogens is 386 g/mol. The monoisotopic (exact) mass is 396 g/mol. The van der Waals surface area contributed by atoms with E-state index in [2.05, 4.69) is 10.1 Å². The molecule has 0 spiro atoms. The number of nitro groups is 1. The second-order valence-electron chi connectivity index (χ2n) is 6.09. The van der Waals surface area contributed by atoms with Gasteiger partial charge in [-0.15, -0.1) is 0 Å². The van der Waals surface area contributed by atoms with Crippen LogP contribution in [-0.4, -0.2) is 30.4 Å². The van der Waals surface area contributed by atoms with Gasteiger partial charge >= 0.3 is 0 Å². The summed E-state index contributed by atoms with van der Waals surface area (Å²) >= 11 is 0. The van der Waals surface area contributed by atoms with Gasteiger partial charge in [-0.2, -0.15) is 5.10 Å². The van der Waals surface area contributed by atoms with Crippen LogP contribution in [0.5, 0.6) is 5.75 Å². The van der Waals surface area contributed by atoms with Crippen LogP contribution in [-0.2, 0) is 0 Å². The van der Waals surface area contributed by atoms with Crippen molar-refractivity contribution in [2.75, 3.05) is 0 Å². The molecule has 0 saturated heterocycles. The maximum absolute atomic E-state index is 13.5. The maximum Gasteiger partial charge on any atom is 0.270 e. The molecular formula is C19H10F2N4O4. The number of benzene rings is 2. The molecule has 0 radical (unpaired) electrons. The lowest BCUT2D eigenvalue weighted by atomic mass is 10.0. The fourth-order valence-electron chi connectivity index (χ4n) is 2.77. The number of rotatable bonds is 4. The third-order valence-electron chi connectivity index (χ3n) is 4.23. The van der Waals surface area contributed by atoms with Crippen molar-refractivity contribution in [3.63, 3.8) is 0 Å². The van der Waals surface area contributed by atoms with Gasteiger partial charge in [0.25, 0.3) is 5.69 Å². The predicted molar refractivity (Wildman–Crippen MR) is 96.5 cm³/mol. The standard InChI is InChI=1S/C19H10F2N4O4/c20-14-3-1-10(5-15(14)21)16-7-18-22-8-11(9-24(18)23-16)19(27)13-6-12(25(28)29)2-4-17(13)26/h1-9,26H. The van der Waals surface area contributed by atoms with Crippen LogP contribution in [0.2, 0.25) is 0 Å². The van der Waals surface area contributed by atoms with E-state index in [1.807, 2.05) is 0 Å². The number of halogens is 2. The van der Waals surface area contributed by atoms with Crippen molar-refractivity contribution < 1.29 is 23.6 Å². The average molecular weight is 396 g/mol. The molecule has 2 heterocycles. The summed E-state index contributed by atoms with van der Waals surface area (Å²) in [7, 11) is 0. The van der Waals surface area contributed by atoms with Crippen molar-refractivity contribution >= 4 is 17.1 Å². The second kappa shape index (κ2) is 6.75. The number of aromatic hydroxyl groups is 1. The van der Waals surface area contributed by atoms with Gasteiger partial charge in [0.15, 0.2) is 23.1 Å². The molecule has 10 heteroatoms. The zero-order chi connectivity index (χ0) is 20.7. The van der Waals surface area contributed by atoms with Crippen LogP contribution in [0.25, 0.3) is 16.9 Å². The van der Waals surface area contributed by atoms with Gasteiger partial charge in [-0.05, 0) is 24.3 Å². The number of fused-ring (bicyclic) bond motifs is 1. The number of non-ortho nitro benzene ring substituents is 1. The van der Waals surface area contributed by atoms with Gasteiger partial charge in [-0.25, -0.2) is 18.3 Å². The Morgan fingerprint density at radius 2 is 1.90 bits per heavy atom. The number of phenols is 1. The summed E-state index contributed by atoms with van der Waals surface area (Å²) in [5.41, 5.74) is 0.379. The minimum atomic E-state index is -1.02. The summed E-state index contributed by atoms with van der Waals surface area (Å²) in [4.78, 5) is 27.0. The molecule has 8 nitrogen and oxygen atoms in total. The lowest BCUT2D eigenvalue weighted by molar-refractivity contribution is -0.384. The minimum Gasteiger partial charge on any atom is -0.507 e. The highest BCUT2D eigenvalue weighted by Gasteiger charge is 2.19. The van der Waals surface area contributed by atoms with Crippen molar-refractivity contribution in [1.82, 2.24) is 14.6 Å². The Balaban J connectivity index is 1.74. The van der Waals surface area contributed by atoms with E-state index < -0.39 is 28.1 Å². The molecule has 4 rings (SSSR count). The molecule has 4 aromatic rings. The lowest BCUT2D eigenvalue weighted by Gasteiger charge is -2.04. The van der Waals surface area contributed by atoms with E-state index in [1.165, 1.54) is 29.0 Å². The normalized spacial score (nSPS) is 11.0. The van der Waals surface area contributed by atoms with E-state index in [1.54, 1.807) is 0 Å². The number of carbonyl (C=O) groups excluding carboxylic acids is 1. The molecule has 0 atom stereocenters. The van der Waals surface area contributed by atoms with Gasteiger partial charge in [0.2, 0.25) is 0 Å². The molecule has 1 N–H and O–H groups in total. The Labute approximate surface area is 160 Å². The topological polar surface area (TPSA) is 111 Å². The highest BCUT2D eigenvalue weighted by molar-refractivity contribution is 6.10. The van der Waals surface area contributed by atoms with Gasteiger partial charge in [0.05, 0.1) is 21.7 Å². The first-order valence-corrected chi connectivity index (χ1v) is 8.16. The first-order valence-electron chi connectivity index (χ1n) is 8.16. The van der Waals surface area contributed by atoms with E-state index in [4.69, 9.17) is 0 Å². The Kier molecular flexibility index (Phi) is 4.23. The quantitative estimate of drug-likeness (QED) is 0.321. The number of nitrogens with zero attached hydrogens (tertiary/aromatic N) is 4. The molecule has 0 unspecified atom stereocenters. The molecule has 0 aliphatic rings. The molecule has 0 fully saturated rings. The minimum absolute atomic E-state index is 0.0215. The van der Waals surface area contributed by atoms with Gasteiger partial charge in [-0.1, -0.05) is 0 Å². The van der Waals surface area contributed by atoms with Crippen molar-refractivity contribution in [3.05, 3.63) is 87.7 Å². The molecule has 0 bridgehead atoms. The van der Waals surface area contributed by atoms with E-state index in [0.29, 0.717) is 16.9 Å². The highest BCUT2D eigenvalue weighted by atomic mass is 19.2. The van der Waals surface area contributed by atoms with Crippen LogP contribution < -0.4 is 0 Å². The van der Waals surface area contributed by atoms with Crippen molar-refractivity contribution in [2.24, 2.45) is 0 Å². The average Bonchev–Trinajstić information content (AvgIpc) is 3.13. The van der Waals surface area contributed by atoms with E-state index >= 15 is 0 Å². The molecule has 0 saturated carbocycles. The van der Waals surface area contributed by atoms with E-state index in [0.717, 1.165) is 30.3 Å². The summed E-state index contributed by atoms with van der Waals surface area (Å²) in [6, 6.07) is 7.95. The van der Waals surface area contributed by atoms with Crippen molar-refractivity contribution in [1.29, 1.82) is 0 Å². The van der Waals surface area contributed by atoms with Gasteiger partial charge in [0.1, 0.15) is 5.75 Å². The summed E-state index contributed by atoms with van der Waals surface area (Å²) < 4.78 is 27.8. The van der Waals surface area contributed by atoms with Gasteiger partial charge in [0, 0.05) is 36.2 Å². The number of nitro benzene ring substituents is 1. The number of phenolic OH excluding ortho intramolecular Hbond substituents is 1. The van der Waals surface area contributed by atoms with Gasteiger partial charge < -0.3 is 5.11 Å². The number of ketones is 1. The molecule has 2 aromatic heterocycles. The largest absolute Gasteiger partial charge is 0.507 e. The zero-order valence-electron chi connectivity index (χ0n) is 14.4. The summed E-state index contributed by atoms with van der Waals surface area (Å²) in [5.74, 6) is -3.11. The number of hydrogen-bond acceptors (Lipinski definition) is 6. The van der Waals surface area contributed by atoms with Crippen LogP contribution >= 0.6 is 0 Å². The Bertz CT molecular complexity index is 1300. The Morgan fingerprint density at radius 1 is 1.10 bits per heavy atom. The maximum atomic E-state index is 13.5. The molecule has 0 aliphatic carbocycles. The van der Waals surface area contributed by atoms with Crippen molar-refractivity contribution in [3.8, 4) is 17.0 Å². The van der Waals surface area contributed by atoms with Crippen LogP contribution in [0.15, 0.2) is 54.9 Å². The lowest BCUT2D eigenvalue weighted by Crippen LogP contribution is -2.05. The third kappa shape index (κ3) is 3.27. The second-order valence-corrected chi connectivity index (χ2v) is 6.09. The Morgan fingerprint density at radius 3 is 2.62 bits per heavy atom. The summed E-state index contributed by atoms with van der Waals surface area (Å²) in [6.45, 7) is 0. The summed E-state index contributed by atoms with van der Waals surface area (Å²) in [6.07, 6.45) is 2.55. The van der Waals surface area contributed by atoms with E-state index in [9.17, 15) is 28.8 Å². The summed E-state index contributed by atoms with van der Waals surface area (Å²) in [5, 5.41) is 25.0. The molecule has 29 heavy (non-hydrogen) atoms. The number of aromatic nitrogens is 3. The molecule has 0 amide bonds. The fraction of sp³-hybridized carbons (Fsp3) is 0. The van der Waals surface area contributed by atoms with Crippen LogP contribution in [0.3, 0.4) is 0 Å². The first kappa shape index (κ1) is 18.2. The highest BCUT2D eigenvalue weighted by Crippen LogP contribution is 2.26. The van der Waals surface area contributed by atoms with Crippen LogP contribution in [0.4, 0.5) is 14.5 Å². The SMILES string of the molecule is O=C(c1cnc2cc(-c3ccc(F)c(F)c3)nn2c1)c1cc([N+](=O)[O-])ccc1O. The fourth-order valence-corrected chi connectivity index (χ4v) is 2.77. The van der Waals surface area contributed by atoms with Crippen LogP contribution in [0, 0.1) is 21.7 Å². The van der Waals surface area contributed by atoms with Crippen molar-refractivity contribution in [2.45, 2.75) is 0 Å². The molecule has 144 valence electrons. The van der Waals surface area contributed by atoms with Crippen LogP contribution in [0.1, 0.15) is 15.9 Å². The number of carbonyl (C=O) groups is 1. The third-order valence-corrected chi connectivity index (χ3v) is 4.23. The van der Waals surface area contributed by atoms with E-state index in [-0.39, 0.29) is 16.8 Å². The molecule has 2 aromatic carbocycles. The molecule has 0 aliphatic heterocycles. The smallest absolute Gasteiger partial charge is 0.270 e. The Hall–Kier alpha value is -4.21.